The number of aliphatic hydroxyl groups excluding tert-OH is 1. The summed E-state index contributed by atoms with van der Waals surface area (Å²) < 4.78 is 27.9. The van der Waals surface area contributed by atoms with Gasteiger partial charge in [0.15, 0.2) is 23.0 Å². The van der Waals surface area contributed by atoms with E-state index in [9.17, 15) is 14.7 Å². The Hall–Kier alpha value is -3.72. The van der Waals surface area contributed by atoms with Crippen molar-refractivity contribution in [3.05, 3.63) is 53.1 Å². The Kier molecular flexibility index (Phi) is 8.78. The van der Waals surface area contributed by atoms with Crippen LogP contribution in [0.4, 0.5) is 0 Å². The molecule has 204 valence electrons. The molecule has 2 aliphatic heterocycles. The van der Waals surface area contributed by atoms with E-state index >= 15 is 0 Å². The molecule has 9 nitrogen and oxygen atoms in total. The van der Waals surface area contributed by atoms with E-state index in [0.29, 0.717) is 72.9 Å². The van der Waals surface area contributed by atoms with Gasteiger partial charge in [0.1, 0.15) is 19.0 Å². The van der Waals surface area contributed by atoms with Crippen molar-refractivity contribution in [2.75, 3.05) is 47.2 Å². The largest absolute Gasteiger partial charge is 0.507 e. The van der Waals surface area contributed by atoms with E-state index in [2.05, 4.69) is 13.8 Å². The summed E-state index contributed by atoms with van der Waals surface area (Å²) in [6, 6.07) is 9.44. The van der Waals surface area contributed by atoms with Crippen molar-refractivity contribution in [1.82, 2.24) is 4.90 Å². The highest BCUT2D eigenvalue weighted by molar-refractivity contribution is 6.46. The number of benzene rings is 2. The lowest BCUT2D eigenvalue weighted by atomic mass is 9.94. The summed E-state index contributed by atoms with van der Waals surface area (Å²) in [5.41, 5.74) is 0.975. The molecule has 0 unspecified atom stereocenters. The second kappa shape index (κ2) is 12.2. The zero-order valence-electron chi connectivity index (χ0n) is 22.3. The van der Waals surface area contributed by atoms with Gasteiger partial charge >= 0.3 is 0 Å². The predicted octanol–water partition coefficient (Wildman–Crippen LogP) is 4.35. The summed E-state index contributed by atoms with van der Waals surface area (Å²) in [4.78, 5) is 28.0. The lowest BCUT2D eigenvalue weighted by Crippen LogP contribution is -2.31. The highest BCUT2D eigenvalue weighted by atomic mass is 16.6. The van der Waals surface area contributed by atoms with Gasteiger partial charge in [-0.3, -0.25) is 9.59 Å². The molecule has 1 atom stereocenters. The van der Waals surface area contributed by atoms with Crippen LogP contribution in [0.25, 0.3) is 5.76 Å². The minimum absolute atomic E-state index is 0.000348. The third kappa shape index (κ3) is 5.72. The maximum Gasteiger partial charge on any atom is 0.295 e. The number of rotatable bonds is 11. The smallest absolute Gasteiger partial charge is 0.295 e. The van der Waals surface area contributed by atoms with Crippen molar-refractivity contribution >= 4 is 17.4 Å². The van der Waals surface area contributed by atoms with Gasteiger partial charge < -0.3 is 33.7 Å². The summed E-state index contributed by atoms with van der Waals surface area (Å²) in [6.07, 6.45) is 1.41. The van der Waals surface area contributed by atoms with Crippen LogP contribution in [-0.2, 0) is 14.3 Å². The molecule has 1 fully saturated rings. The predicted molar refractivity (Wildman–Crippen MR) is 141 cm³/mol. The number of hydrogen-bond acceptors (Lipinski definition) is 8. The Labute approximate surface area is 222 Å². The minimum atomic E-state index is -0.821. The topological polar surface area (TPSA) is 104 Å². The van der Waals surface area contributed by atoms with Crippen LogP contribution in [-0.4, -0.2) is 68.9 Å². The van der Waals surface area contributed by atoms with Gasteiger partial charge in [-0.15, -0.1) is 0 Å². The molecule has 9 heteroatoms. The third-order valence-corrected chi connectivity index (χ3v) is 6.56. The number of fused-ring (bicyclic) bond motifs is 1. The van der Waals surface area contributed by atoms with Crippen molar-refractivity contribution in [3.63, 3.8) is 0 Å². The van der Waals surface area contributed by atoms with Crippen molar-refractivity contribution in [2.24, 2.45) is 5.92 Å². The first kappa shape index (κ1) is 27.3. The van der Waals surface area contributed by atoms with Crippen LogP contribution >= 0.6 is 0 Å². The average molecular weight is 526 g/mol. The zero-order valence-corrected chi connectivity index (χ0v) is 22.3. The van der Waals surface area contributed by atoms with Crippen LogP contribution < -0.4 is 18.9 Å². The molecule has 2 aliphatic rings. The maximum absolute atomic E-state index is 13.3. The van der Waals surface area contributed by atoms with Crippen LogP contribution in [0.1, 0.15) is 43.9 Å². The van der Waals surface area contributed by atoms with Crippen LogP contribution in [0.5, 0.6) is 23.0 Å². The molecule has 0 radical (unpaired) electrons. The van der Waals surface area contributed by atoms with E-state index < -0.39 is 17.7 Å². The van der Waals surface area contributed by atoms with Gasteiger partial charge in [0.2, 0.25) is 0 Å². The van der Waals surface area contributed by atoms with Crippen LogP contribution in [0.2, 0.25) is 0 Å². The van der Waals surface area contributed by atoms with Gasteiger partial charge in [-0.1, -0.05) is 19.9 Å². The standard InChI is InChI=1S/C29H35NO8/c1-18(2)10-13-36-21-8-6-19(16-23(21)35-4)26-25(28(32)29(33)30(26)11-5-12-34-3)27(31)20-7-9-22-24(17-20)38-15-14-37-22/h6-9,16-18,26,31H,5,10-15H2,1-4H3/t26-/m0/s1. The summed E-state index contributed by atoms with van der Waals surface area (Å²) in [6.45, 7) is 6.29. The molecule has 0 aromatic heterocycles. The number of Topliss-reactive ketones (excluding diaryl/α,β-unsaturated/α-hetero) is 1. The van der Waals surface area contributed by atoms with Crippen molar-refractivity contribution in [1.29, 1.82) is 0 Å². The second-order valence-electron chi connectivity index (χ2n) is 9.64. The maximum atomic E-state index is 13.3. The van der Waals surface area contributed by atoms with E-state index in [1.54, 1.807) is 50.6 Å². The summed E-state index contributed by atoms with van der Waals surface area (Å²) >= 11 is 0. The molecule has 38 heavy (non-hydrogen) atoms. The number of nitrogens with zero attached hydrogens (tertiary/aromatic N) is 1. The molecular weight excluding hydrogens is 490 g/mol. The van der Waals surface area contributed by atoms with Gasteiger partial charge in [0.25, 0.3) is 11.7 Å². The molecule has 0 bridgehead atoms. The molecule has 2 aromatic rings. The van der Waals surface area contributed by atoms with Crippen molar-refractivity contribution < 1.29 is 38.4 Å². The lowest BCUT2D eigenvalue weighted by molar-refractivity contribution is -0.140. The monoisotopic (exact) mass is 525 g/mol. The summed E-state index contributed by atoms with van der Waals surface area (Å²) in [5, 5.41) is 11.4. The van der Waals surface area contributed by atoms with Crippen molar-refractivity contribution in [2.45, 2.75) is 32.7 Å². The summed E-state index contributed by atoms with van der Waals surface area (Å²) in [7, 11) is 3.12. The number of methoxy groups -OCH3 is 2. The highest BCUT2D eigenvalue weighted by Crippen LogP contribution is 2.43. The fourth-order valence-corrected chi connectivity index (χ4v) is 4.56. The fourth-order valence-electron chi connectivity index (χ4n) is 4.56. The van der Waals surface area contributed by atoms with Crippen LogP contribution in [0.15, 0.2) is 42.0 Å². The normalized spacial score (nSPS) is 18.2. The van der Waals surface area contributed by atoms with Gasteiger partial charge in [-0.25, -0.2) is 0 Å². The van der Waals surface area contributed by atoms with E-state index in [1.807, 2.05) is 0 Å². The molecular formula is C29H35NO8. The van der Waals surface area contributed by atoms with Gasteiger partial charge in [0.05, 0.1) is 25.3 Å². The molecule has 2 heterocycles. The third-order valence-electron chi connectivity index (χ3n) is 6.56. The molecule has 0 spiro atoms. The quantitative estimate of drug-likeness (QED) is 0.200. The van der Waals surface area contributed by atoms with Crippen LogP contribution in [0.3, 0.4) is 0 Å². The molecule has 2 aromatic carbocycles. The van der Waals surface area contributed by atoms with Gasteiger partial charge in [-0.05, 0) is 54.7 Å². The number of ketones is 1. The number of hydrogen-bond donors (Lipinski definition) is 1. The number of aliphatic hydroxyl groups is 1. The van der Waals surface area contributed by atoms with Crippen LogP contribution in [0, 0.1) is 5.92 Å². The molecule has 1 N–H and O–H groups in total. The molecule has 0 aliphatic carbocycles. The van der Waals surface area contributed by atoms with E-state index in [1.165, 1.54) is 4.90 Å². The Morgan fingerprint density at radius 2 is 1.79 bits per heavy atom. The number of carbonyl (C=O) groups is 2. The van der Waals surface area contributed by atoms with Gasteiger partial charge in [-0.2, -0.15) is 0 Å². The second-order valence-corrected chi connectivity index (χ2v) is 9.64. The average Bonchev–Trinajstić information content (AvgIpc) is 3.17. The molecule has 4 rings (SSSR count). The molecule has 0 saturated carbocycles. The summed E-state index contributed by atoms with van der Waals surface area (Å²) in [5.74, 6) is 0.854. The lowest BCUT2D eigenvalue weighted by Gasteiger charge is -2.26. The first-order valence-corrected chi connectivity index (χ1v) is 12.8. The fraction of sp³-hybridized carbons (Fsp3) is 0.448. The number of ether oxygens (including phenoxy) is 5. The zero-order chi connectivity index (χ0) is 27.2. The van der Waals surface area contributed by atoms with E-state index in [-0.39, 0.29) is 17.9 Å². The van der Waals surface area contributed by atoms with Crippen molar-refractivity contribution in [3.8, 4) is 23.0 Å². The first-order chi connectivity index (χ1) is 18.3. The Morgan fingerprint density at radius 1 is 1.03 bits per heavy atom. The highest BCUT2D eigenvalue weighted by Gasteiger charge is 2.46. The number of carbonyl (C=O) groups excluding carboxylic acids is 2. The Balaban J connectivity index is 1.76. The Morgan fingerprint density at radius 3 is 2.50 bits per heavy atom. The first-order valence-electron chi connectivity index (χ1n) is 12.8. The SMILES string of the molecule is COCCCN1C(=O)C(=O)C(=C(O)c2ccc3c(c2)OCCO3)[C@@H]1c1ccc(OCCC(C)C)c(OC)c1. The van der Waals surface area contributed by atoms with Gasteiger partial charge in [0, 0.05) is 25.8 Å². The Bertz CT molecular complexity index is 1210. The number of likely N-dealkylation sites (tertiary alicyclic amines) is 1. The molecule has 1 amide bonds. The van der Waals surface area contributed by atoms with E-state index in [4.69, 9.17) is 23.7 Å². The minimum Gasteiger partial charge on any atom is -0.507 e. The number of amides is 1. The van der Waals surface area contributed by atoms with E-state index in [0.717, 1.165) is 6.42 Å². The molecule has 1 saturated heterocycles.